The maximum absolute atomic E-state index is 5.62. The molecule has 5 heteroatoms. The van der Waals surface area contributed by atoms with E-state index in [2.05, 4.69) is 21.9 Å². The first kappa shape index (κ1) is 15.4. The molecule has 0 aliphatic heterocycles. The van der Waals surface area contributed by atoms with E-state index in [4.69, 9.17) is 9.47 Å². The van der Waals surface area contributed by atoms with Gasteiger partial charge in [0.1, 0.15) is 12.4 Å². The van der Waals surface area contributed by atoms with Gasteiger partial charge in [-0.1, -0.05) is 5.57 Å². The van der Waals surface area contributed by atoms with Gasteiger partial charge in [0, 0.05) is 25.6 Å². The van der Waals surface area contributed by atoms with Crippen molar-refractivity contribution < 1.29 is 9.47 Å². The van der Waals surface area contributed by atoms with Crippen LogP contribution in [0.2, 0.25) is 0 Å². The molecule has 1 heterocycles. The smallest absolute Gasteiger partial charge is 0.218 e. The molecule has 0 bridgehead atoms. The van der Waals surface area contributed by atoms with E-state index >= 15 is 0 Å². The minimum absolute atomic E-state index is 0.395. The van der Waals surface area contributed by atoms with Crippen LogP contribution in [0.1, 0.15) is 33.0 Å². The standard InChI is InChI=1S/C14H23N3O2/c1-5-15-12-9-14(19-8-7-11(3)4)17-13(16-12)10-18-6-2/h9H,3,5-8,10H2,1-2,4H3,(H,15,16,17). The van der Waals surface area contributed by atoms with Crippen LogP contribution in [0, 0.1) is 0 Å². The van der Waals surface area contributed by atoms with Gasteiger partial charge in [-0.25, -0.2) is 4.98 Å². The van der Waals surface area contributed by atoms with E-state index in [0.29, 0.717) is 31.5 Å². The third-order valence-electron chi connectivity index (χ3n) is 2.32. The second-order valence-electron chi connectivity index (χ2n) is 4.23. The number of hydrogen-bond donors (Lipinski definition) is 1. The van der Waals surface area contributed by atoms with Crippen molar-refractivity contribution >= 4 is 5.82 Å². The molecule has 0 unspecified atom stereocenters. The first-order valence-electron chi connectivity index (χ1n) is 6.62. The van der Waals surface area contributed by atoms with Crippen molar-refractivity contribution in [3.05, 3.63) is 24.0 Å². The maximum atomic E-state index is 5.62. The molecule has 1 aromatic rings. The first-order chi connectivity index (χ1) is 9.15. The Hall–Kier alpha value is -1.62. The second-order valence-corrected chi connectivity index (χ2v) is 4.23. The van der Waals surface area contributed by atoms with Crippen LogP contribution in [0.25, 0.3) is 0 Å². The molecule has 0 aromatic carbocycles. The quantitative estimate of drug-likeness (QED) is 0.696. The van der Waals surface area contributed by atoms with E-state index in [0.717, 1.165) is 24.4 Å². The molecule has 1 rings (SSSR count). The minimum atomic E-state index is 0.395. The molecule has 0 spiro atoms. The fourth-order valence-corrected chi connectivity index (χ4v) is 1.41. The number of hydrogen-bond acceptors (Lipinski definition) is 5. The number of aromatic nitrogens is 2. The minimum Gasteiger partial charge on any atom is -0.477 e. The monoisotopic (exact) mass is 265 g/mol. The van der Waals surface area contributed by atoms with Crippen LogP contribution in [-0.4, -0.2) is 29.7 Å². The summed E-state index contributed by atoms with van der Waals surface area (Å²) in [6.45, 7) is 12.2. The van der Waals surface area contributed by atoms with Crippen LogP contribution in [0.5, 0.6) is 5.88 Å². The van der Waals surface area contributed by atoms with Gasteiger partial charge in [0.2, 0.25) is 5.88 Å². The van der Waals surface area contributed by atoms with Crippen molar-refractivity contribution in [3.63, 3.8) is 0 Å². The number of ether oxygens (including phenoxy) is 2. The SMILES string of the molecule is C=C(C)CCOc1cc(NCC)nc(COCC)n1. The van der Waals surface area contributed by atoms with E-state index in [1.807, 2.05) is 20.8 Å². The van der Waals surface area contributed by atoms with Gasteiger partial charge in [-0.2, -0.15) is 4.98 Å². The lowest BCUT2D eigenvalue weighted by Crippen LogP contribution is -2.08. The molecule has 0 aliphatic rings. The van der Waals surface area contributed by atoms with Crippen molar-refractivity contribution in [3.8, 4) is 5.88 Å². The second kappa shape index (κ2) is 8.48. The Balaban J connectivity index is 2.71. The van der Waals surface area contributed by atoms with Gasteiger partial charge >= 0.3 is 0 Å². The van der Waals surface area contributed by atoms with Gasteiger partial charge in [0.25, 0.3) is 0 Å². The summed E-state index contributed by atoms with van der Waals surface area (Å²) in [4.78, 5) is 8.68. The van der Waals surface area contributed by atoms with E-state index in [-0.39, 0.29) is 0 Å². The highest BCUT2D eigenvalue weighted by Gasteiger charge is 2.05. The van der Waals surface area contributed by atoms with Crippen LogP contribution >= 0.6 is 0 Å². The summed E-state index contributed by atoms with van der Waals surface area (Å²) in [6.07, 6.45) is 0.821. The van der Waals surface area contributed by atoms with Crippen molar-refractivity contribution in [1.29, 1.82) is 0 Å². The maximum Gasteiger partial charge on any atom is 0.218 e. The summed E-state index contributed by atoms with van der Waals surface area (Å²) in [5, 5.41) is 3.16. The first-order valence-corrected chi connectivity index (χ1v) is 6.62. The zero-order valence-electron chi connectivity index (χ0n) is 12.0. The topological polar surface area (TPSA) is 56.3 Å². The van der Waals surface area contributed by atoms with Crippen LogP contribution in [0.4, 0.5) is 5.82 Å². The predicted octanol–water partition coefficient (Wildman–Crippen LogP) is 2.79. The Morgan fingerprint density at radius 2 is 2.16 bits per heavy atom. The van der Waals surface area contributed by atoms with Crippen molar-refractivity contribution in [2.24, 2.45) is 0 Å². The van der Waals surface area contributed by atoms with Gasteiger partial charge < -0.3 is 14.8 Å². The lowest BCUT2D eigenvalue weighted by molar-refractivity contribution is 0.127. The van der Waals surface area contributed by atoms with E-state index in [9.17, 15) is 0 Å². The van der Waals surface area contributed by atoms with Crippen LogP contribution in [-0.2, 0) is 11.3 Å². The van der Waals surface area contributed by atoms with Gasteiger partial charge in [0.05, 0.1) is 6.61 Å². The van der Waals surface area contributed by atoms with Crippen LogP contribution in [0.15, 0.2) is 18.2 Å². The molecule has 1 aromatic heterocycles. The average Bonchev–Trinajstić information content (AvgIpc) is 2.36. The highest BCUT2D eigenvalue weighted by molar-refractivity contribution is 5.38. The summed E-state index contributed by atoms with van der Waals surface area (Å²) in [6, 6.07) is 1.80. The van der Waals surface area contributed by atoms with Gasteiger partial charge in [-0.05, 0) is 20.8 Å². The fourth-order valence-electron chi connectivity index (χ4n) is 1.41. The Morgan fingerprint density at radius 3 is 2.79 bits per heavy atom. The summed E-state index contributed by atoms with van der Waals surface area (Å²) in [5.41, 5.74) is 1.09. The Morgan fingerprint density at radius 1 is 1.37 bits per heavy atom. The van der Waals surface area contributed by atoms with E-state index < -0.39 is 0 Å². The summed E-state index contributed by atoms with van der Waals surface area (Å²) in [5.74, 6) is 1.96. The largest absolute Gasteiger partial charge is 0.477 e. The lowest BCUT2D eigenvalue weighted by Gasteiger charge is -2.10. The summed E-state index contributed by atoms with van der Waals surface area (Å²) in [7, 11) is 0. The van der Waals surface area contributed by atoms with Gasteiger partial charge in [-0.15, -0.1) is 6.58 Å². The van der Waals surface area contributed by atoms with Gasteiger partial charge in [-0.3, -0.25) is 0 Å². The lowest BCUT2D eigenvalue weighted by atomic mass is 10.3. The molecule has 19 heavy (non-hydrogen) atoms. The van der Waals surface area contributed by atoms with Crippen LogP contribution in [0.3, 0.4) is 0 Å². The number of nitrogens with zero attached hydrogens (tertiary/aromatic N) is 2. The fraction of sp³-hybridized carbons (Fsp3) is 0.571. The molecule has 0 radical (unpaired) electrons. The molecule has 5 nitrogen and oxygen atoms in total. The van der Waals surface area contributed by atoms with Crippen molar-refractivity contribution in [2.45, 2.75) is 33.8 Å². The van der Waals surface area contributed by atoms with Crippen molar-refractivity contribution in [2.75, 3.05) is 25.1 Å². The Kier molecular flexibility index (Phi) is 6.89. The summed E-state index contributed by atoms with van der Waals surface area (Å²) < 4.78 is 10.9. The average molecular weight is 265 g/mol. The normalized spacial score (nSPS) is 10.3. The highest BCUT2D eigenvalue weighted by Crippen LogP contribution is 2.14. The van der Waals surface area contributed by atoms with Gasteiger partial charge in [0.15, 0.2) is 5.82 Å². The highest BCUT2D eigenvalue weighted by atomic mass is 16.5. The van der Waals surface area contributed by atoms with E-state index in [1.165, 1.54) is 0 Å². The molecule has 0 saturated heterocycles. The Bertz CT molecular complexity index is 408. The molecular weight excluding hydrogens is 242 g/mol. The predicted molar refractivity (Wildman–Crippen MR) is 76.5 cm³/mol. The summed E-state index contributed by atoms with van der Waals surface area (Å²) >= 11 is 0. The van der Waals surface area contributed by atoms with E-state index in [1.54, 1.807) is 6.07 Å². The molecular formula is C14H23N3O2. The van der Waals surface area contributed by atoms with Crippen LogP contribution < -0.4 is 10.1 Å². The van der Waals surface area contributed by atoms with Crippen molar-refractivity contribution in [1.82, 2.24) is 9.97 Å². The molecule has 0 saturated carbocycles. The molecule has 0 atom stereocenters. The Labute approximate surface area is 115 Å². The third-order valence-corrected chi connectivity index (χ3v) is 2.32. The molecule has 0 aliphatic carbocycles. The molecule has 106 valence electrons. The molecule has 0 fully saturated rings. The zero-order valence-corrected chi connectivity index (χ0v) is 12.0. The number of anilines is 1. The molecule has 0 amide bonds. The number of rotatable bonds is 9. The number of nitrogens with one attached hydrogen (secondary N) is 1. The third kappa shape index (κ3) is 6.20. The molecule has 1 N–H and O–H groups in total. The zero-order chi connectivity index (χ0) is 14.1.